The van der Waals surface area contributed by atoms with Gasteiger partial charge < -0.3 is 14.2 Å². The first-order valence-electron chi connectivity index (χ1n) is 11.2. The van der Waals surface area contributed by atoms with Crippen LogP contribution < -0.4 is 0 Å². The minimum absolute atomic E-state index is 0.138. The first-order chi connectivity index (χ1) is 13.6. The fourth-order valence-electron chi connectivity index (χ4n) is 3.52. The van der Waals surface area contributed by atoms with Crippen LogP contribution in [0.2, 0.25) is 51.4 Å². The van der Waals surface area contributed by atoms with Crippen molar-refractivity contribution in [2.24, 2.45) is 16.2 Å². The van der Waals surface area contributed by atoms with E-state index < -0.39 is 56.4 Å². The third kappa shape index (κ3) is 7.17. The molecular weight excluding hydrogens is 428 g/mol. The minimum Gasteiger partial charge on any atom is -0.463 e. The van der Waals surface area contributed by atoms with E-state index >= 15 is 0 Å². The van der Waals surface area contributed by atoms with Gasteiger partial charge in [-0.1, -0.05) is 53.1 Å². The molecule has 1 aliphatic heterocycles. The molecule has 0 aromatic rings. The highest BCUT2D eigenvalue weighted by Gasteiger charge is 2.54. The van der Waals surface area contributed by atoms with E-state index in [4.69, 9.17) is 14.2 Å². The number of hydrogen-bond donors (Lipinski definition) is 0. The molecule has 1 rings (SSSR count). The van der Waals surface area contributed by atoms with Gasteiger partial charge in [0.25, 0.3) is 0 Å². The van der Waals surface area contributed by atoms with Crippen molar-refractivity contribution >= 4 is 34.1 Å². The van der Waals surface area contributed by atoms with E-state index in [2.05, 4.69) is 39.3 Å². The Morgan fingerprint density at radius 2 is 1.39 bits per heavy atom. The number of carbonyl (C=O) groups is 3. The van der Waals surface area contributed by atoms with Crippen molar-refractivity contribution in [1.29, 1.82) is 0 Å². The van der Waals surface area contributed by atoms with E-state index in [1.165, 1.54) is 0 Å². The third-order valence-corrected chi connectivity index (χ3v) is 9.63. The molecule has 1 aliphatic rings. The summed E-state index contributed by atoms with van der Waals surface area (Å²) in [6, 6.07) is 1.79. The normalized spacial score (nSPS) is 19.9. The van der Waals surface area contributed by atoms with Crippen molar-refractivity contribution in [2.75, 3.05) is 6.61 Å². The average molecular weight is 473 g/mol. The van der Waals surface area contributed by atoms with E-state index in [1.54, 1.807) is 27.7 Å². The molecular formula is C23H44O6Si2. The molecule has 1 heterocycles. The van der Waals surface area contributed by atoms with Crippen molar-refractivity contribution < 1.29 is 28.6 Å². The van der Waals surface area contributed by atoms with Gasteiger partial charge in [0.15, 0.2) is 0 Å². The second-order valence-electron chi connectivity index (χ2n) is 13.2. The second-order valence-corrected chi connectivity index (χ2v) is 24.2. The molecule has 0 spiro atoms. The highest BCUT2D eigenvalue weighted by molar-refractivity contribution is 6.78. The monoisotopic (exact) mass is 472 g/mol. The molecule has 0 amide bonds. The maximum atomic E-state index is 13.3. The summed E-state index contributed by atoms with van der Waals surface area (Å²) < 4.78 is 16.7. The molecule has 1 fully saturated rings. The molecule has 0 radical (unpaired) electrons. The highest BCUT2D eigenvalue weighted by atomic mass is 28.3. The van der Waals surface area contributed by atoms with Gasteiger partial charge in [-0.05, 0) is 39.8 Å². The van der Waals surface area contributed by atoms with E-state index in [-0.39, 0.29) is 12.7 Å². The zero-order valence-corrected chi connectivity index (χ0v) is 23.7. The fraction of sp³-hybridized carbons (Fsp3) is 0.870. The van der Waals surface area contributed by atoms with Gasteiger partial charge in [0.2, 0.25) is 6.10 Å². The van der Waals surface area contributed by atoms with Gasteiger partial charge >= 0.3 is 17.9 Å². The molecule has 0 aliphatic carbocycles. The summed E-state index contributed by atoms with van der Waals surface area (Å²) in [4.78, 5) is 38.5. The van der Waals surface area contributed by atoms with Crippen LogP contribution in [0.15, 0.2) is 0 Å². The number of carbonyl (C=O) groups excluding carboxylic acids is 3. The summed E-state index contributed by atoms with van der Waals surface area (Å²) in [5.74, 6) is -1.54. The van der Waals surface area contributed by atoms with Gasteiger partial charge in [-0.3, -0.25) is 9.59 Å². The summed E-state index contributed by atoms with van der Waals surface area (Å²) in [6.45, 7) is 24.2. The van der Waals surface area contributed by atoms with Gasteiger partial charge in [-0.15, -0.1) is 0 Å². The standard InChI is InChI=1S/C23H44O6Si2/c1-21(2)15-27-18(24)17(21)29-20(26)23(5,6)22(3,4)19(25)28-16(13-30(7,8)9)14-31(10,11)12/h16-17H,13-15H2,1-12H3. The van der Waals surface area contributed by atoms with E-state index in [0.717, 1.165) is 12.1 Å². The number of hydrogen-bond acceptors (Lipinski definition) is 6. The Morgan fingerprint density at radius 1 is 0.968 bits per heavy atom. The number of esters is 3. The zero-order chi connectivity index (χ0) is 24.6. The molecule has 0 bridgehead atoms. The number of ether oxygens (including phenoxy) is 3. The molecule has 180 valence electrons. The maximum Gasteiger partial charge on any atom is 0.348 e. The lowest BCUT2D eigenvalue weighted by Gasteiger charge is -2.40. The predicted molar refractivity (Wildman–Crippen MR) is 128 cm³/mol. The van der Waals surface area contributed by atoms with Gasteiger partial charge in [0.1, 0.15) is 6.61 Å². The molecule has 1 atom stereocenters. The van der Waals surface area contributed by atoms with Crippen LogP contribution in [-0.2, 0) is 28.6 Å². The van der Waals surface area contributed by atoms with Crippen LogP contribution in [0.25, 0.3) is 0 Å². The molecule has 0 saturated carbocycles. The first-order valence-corrected chi connectivity index (χ1v) is 18.6. The van der Waals surface area contributed by atoms with E-state index in [0.29, 0.717) is 0 Å². The Bertz CT molecular complexity index is 682. The van der Waals surface area contributed by atoms with Gasteiger partial charge in [-0.2, -0.15) is 0 Å². The van der Waals surface area contributed by atoms with Crippen LogP contribution in [0.3, 0.4) is 0 Å². The Morgan fingerprint density at radius 3 is 1.74 bits per heavy atom. The molecule has 0 N–H and O–H groups in total. The predicted octanol–water partition coefficient (Wildman–Crippen LogP) is 5.12. The summed E-state index contributed by atoms with van der Waals surface area (Å²) >= 11 is 0. The quantitative estimate of drug-likeness (QED) is 0.263. The lowest BCUT2D eigenvalue weighted by molar-refractivity contribution is -0.184. The zero-order valence-electron chi connectivity index (χ0n) is 21.7. The van der Waals surface area contributed by atoms with Gasteiger partial charge in [0, 0.05) is 21.6 Å². The molecule has 0 aromatic carbocycles. The van der Waals surface area contributed by atoms with Gasteiger partial charge in [-0.25, -0.2) is 4.79 Å². The second kappa shape index (κ2) is 9.00. The van der Waals surface area contributed by atoms with Crippen molar-refractivity contribution in [3.63, 3.8) is 0 Å². The van der Waals surface area contributed by atoms with Crippen LogP contribution in [0.4, 0.5) is 0 Å². The van der Waals surface area contributed by atoms with Crippen LogP contribution in [0.1, 0.15) is 41.5 Å². The Hall–Kier alpha value is -1.16. The van der Waals surface area contributed by atoms with Crippen molar-refractivity contribution in [3.8, 4) is 0 Å². The Kier molecular flexibility index (Phi) is 8.09. The van der Waals surface area contributed by atoms with Gasteiger partial charge in [0.05, 0.1) is 16.9 Å². The summed E-state index contributed by atoms with van der Waals surface area (Å²) in [6.07, 6.45) is -1.11. The van der Waals surface area contributed by atoms with Crippen LogP contribution in [0, 0.1) is 16.2 Å². The topological polar surface area (TPSA) is 78.9 Å². The van der Waals surface area contributed by atoms with Crippen molar-refractivity contribution in [1.82, 2.24) is 0 Å². The third-order valence-electron chi connectivity index (χ3n) is 6.27. The van der Waals surface area contributed by atoms with Crippen molar-refractivity contribution in [2.45, 2.75) is 105 Å². The first kappa shape index (κ1) is 27.9. The minimum atomic E-state index is -1.46. The number of cyclic esters (lactones) is 1. The van der Waals surface area contributed by atoms with Crippen molar-refractivity contribution in [3.05, 3.63) is 0 Å². The Balaban J connectivity index is 3.04. The highest BCUT2D eigenvalue weighted by Crippen LogP contribution is 2.43. The largest absolute Gasteiger partial charge is 0.463 e. The van der Waals surface area contributed by atoms with E-state index in [9.17, 15) is 14.4 Å². The Labute approximate surface area is 190 Å². The maximum absolute atomic E-state index is 13.3. The summed E-state index contributed by atoms with van der Waals surface area (Å²) in [7, 11) is -2.92. The summed E-state index contributed by atoms with van der Waals surface area (Å²) in [5, 5.41) is 0. The van der Waals surface area contributed by atoms with Crippen LogP contribution in [0.5, 0.6) is 0 Å². The molecule has 6 nitrogen and oxygen atoms in total. The SMILES string of the molecule is CC1(C)COC(=O)C1OC(=O)C(C)(C)C(C)(C)C(=O)OC(C[Si](C)(C)C)C[Si](C)(C)C. The fourth-order valence-corrected chi connectivity index (χ4v) is 7.00. The molecule has 31 heavy (non-hydrogen) atoms. The lowest BCUT2D eigenvalue weighted by atomic mass is 9.67. The number of rotatable bonds is 9. The molecule has 1 saturated heterocycles. The van der Waals surface area contributed by atoms with Crippen LogP contribution >= 0.6 is 0 Å². The molecule has 1 unspecified atom stereocenters. The molecule has 0 aromatic heterocycles. The summed E-state index contributed by atoms with van der Waals surface area (Å²) in [5.41, 5.74) is -2.92. The molecule has 8 heteroatoms. The average Bonchev–Trinajstić information content (AvgIpc) is 2.77. The lowest BCUT2D eigenvalue weighted by Crippen LogP contribution is -2.50. The van der Waals surface area contributed by atoms with Crippen LogP contribution in [-0.4, -0.2) is 52.9 Å². The smallest absolute Gasteiger partial charge is 0.348 e. The van der Waals surface area contributed by atoms with E-state index in [1.807, 2.05) is 13.8 Å².